The van der Waals surface area contributed by atoms with Crippen molar-refractivity contribution in [2.45, 2.75) is 20.8 Å². The lowest BCUT2D eigenvalue weighted by Gasteiger charge is -2.07. The van der Waals surface area contributed by atoms with E-state index in [1.807, 2.05) is 19.9 Å². The fraction of sp³-hybridized carbons (Fsp3) is 0.250. The van der Waals surface area contributed by atoms with Crippen LogP contribution in [-0.2, 0) is 0 Å². The molecule has 0 radical (unpaired) electrons. The highest BCUT2D eigenvalue weighted by molar-refractivity contribution is 6.32. The van der Waals surface area contributed by atoms with Crippen molar-refractivity contribution >= 4 is 17.4 Å². The first-order chi connectivity index (χ1) is 8.02. The molecule has 88 valence electrons. The molecule has 4 nitrogen and oxygen atoms in total. The number of carbonyl (C=O) groups excluding carboxylic acids is 1. The third kappa shape index (κ3) is 1.96. The summed E-state index contributed by atoms with van der Waals surface area (Å²) in [5, 5.41) is 4.71. The Labute approximate surface area is 104 Å². The summed E-state index contributed by atoms with van der Waals surface area (Å²) in [4.78, 5) is 15.6. The summed E-state index contributed by atoms with van der Waals surface area (Å²) in [7, 11) is 0. The molecule has 17 heavy (non-hydrogen) atoms. The van der Waals surface area contributed by atoms with E-state index >= 15 is 0 Å². The fourth-order valence-corrected chi connectivity index (χ4v) is 1.83. The topological polar surface area (TPSA) is 47.8 Å². The van der Waals surface area contributed by atoms with Gasteiger partial charge in [-0.3, -0.25) is 4.79 Å². The zero-order valence-corrected chi connectivity index (χ0v) is 10.6. The minimum absolute atomic E-state index is 0.0162. The standard InChI is InChI=1S/C12H12ClN3O/c1-7-4-5-14-12(11(7)13)16-8(2)10(6-15-16)9(3)17/h4-6H,1-3H3. The van der Waals surface area contributed by atoms with E-state index in [-0.39, 0.29) is 5.78 Å². The molecule has 0 saturated heterocycles. The minimum Gasteiger partial charge on any atom is -0.294 e. The van der Waals surface area contributed by atoms with Crippen molar-refractivity contribution in [3.05, 3.63) is 40.3 Å². The quantitative estimate of drug-likeness (QED) is 0.769. The Balaban J connectivity index is 2.62. The molecule has 0 fully saturated rings. The molecule has 2 heterocycles. The molecule has 0 aromatic carbocycles. The maximum atomic E-state index is 11.4. The van der Waals surface area contributed by atoms with Crippen LogP contribution in [-0.4, -0.2) is 20.5 Å². The largest absolute Gasteiger partial charge is 0.294 e. The highest BCUT2D eigenvalue weighted by atomic mass is 35.5. The predicted octanol–water partition coefficient (Wildman–Crippen LogP) is 2.74. The second-order valence-electron chi connectivity index (χ2n) is 3.88. The number of halogens is 1. The number of rotatable bonds is 2. The first-order valence-corrected chi connectivity index (χ1v) is 5.57. The molecule has 0 aliphatic heterocycles. The highest BCUT2D eigenvalue weighted by Crippen LogP contribution is 2.23. The summed E-state index contributed by atoms with van der Waals surface area (Å²) >= 11 is 6.18. The first-order valence-electron chi connectivity index (χ1n) is 5.19. The van der Waals surface area contributed by atoms with E-state index < -0.39 is 0 Å². The van der Waals surface area contributed by atoms with E-state index in [2.05, 4.69) is 10.1 Å². The Morgan fingerprint density at radius 2 is 2.12 bits per heavy atom. The minimum atomic E-state index is -0.0162. The average molecular weight is 250 g/mol. The van der Waals surface area contributed by atoms with Crippen LogP contribution in [0.15, 0.2) is 18.5 Å². The Hall–Kier alpha value is -1.68. The molecular formula is C12H12ClN3O. The number of aryl methyl sites for hydroxylation is 1. The third-order valence-electron chi connectivity index (χ3n) is 2.65. The Bertz CT molecular complexity index is 589. The number of aromatic nitrogens is 3. The van der Waals surface area contributed by atoms with Crippen LogP contribution in [0.4, 0.5) is 0 Å². The molecule has 2 aromatic heterocycles. The number of Topliss-reactive ketones (excluding diaryl/α,β-unsaturated/α-hetero) is 1. The van der Waals surface area contributed by atoms with Crippen LogP contribution >= 0.6 is 11.6 Å². The van der Waals surface area contributed by atoms with Gasteiger partial charge in [-0.2, -0.15) is 5.10 Å². The lowest BCUT2D eigenvalue weighted by atomic mass is 10.2. The highest BCUT2D eigenvalue weighted by Gasteiger charge is 2.15. The normalized spacial score (nSPS) is 10.6. The molecule has 0 saturated carbocycles. The number of carbonyl (C=O) groups is 1. The van der Waals surface area contributed by atoms with Crippen LogP contribution < -0.4 is 0 Å². The SMILES string of the molecule is CC(=O)c1cnn(-c2nccc(C)c2Cl)c1C. The van der Waals surface area contributed by atoms with Crippen LogP contribution in [0, 0.1) is 13.8 Å². The molecule has 2 rings (SSSR count). The van der Waals surface area contributed by atoms with Crippen molar-refractivity contribution in [1.29, 1.82) is 0 Å². The van der Waals surface area contributed by atoms with Crippen molar-refractivity contribution < 1.29 is 4.79 Å². The first kappa shape index (κ1) is 11.8. The van der Waals surface area contributed by atoms with Gasteiger partial charge in [0.15, 0.2) is 11.6 Å². The maximum Gasteiger partial charge on any atom is 0.172 e. The van der Waals surface area contributed by atoms with Crippen LogP contribution in [0.1, 0.15) is 28.5 Å². The molecule has 0 amide bonds. The predicted molar refractivity (Wildman–Crippen MR) is 65.8 cm³/mol. The van der Waals surface area contributed by atoms with Crippen LogP contribution in [0.5, 0.6) is 0 Å². The maximum absolute atomic E-state index is 11.4. The van der Waals surface area contributed by atoms with Crippen molar-refractivity contribution in [2.75, 3.05) is 0 Å². The lowest BCUT2D eigenvalue weighted by Crippen LogP contribution is -2.04. The summed E-state index contributed by atoms with van der Waals surface area (Å²) < 4.78 is 1.59. The molecule has 0 spiro atoms. The Kier molecular flexibility index (Phi) is 2.98. The van der Waals surface area contributed by atoms with E-state index in [4.69, 9.17) is 11.6 Å². The van der Waals surface area contributed by atoms with Gasteiger partial charge in [0.05, 0.1) is 22.5 Å². The average Bonchev–Trinajstić information content (AvgIpc) is 2.64. The molecular weight excluding hydrogens is 238 g/mol. The fourth-order valence-electron chi connectivity index (χ4n) is 1.64. The monoisotopic (exact) mass is 249 g/mol. The van der Waals surface area contributed by atoms with Crippen molar-refractivity contribution in [1.82, 2.24) is 14.8 Å². The number of pyridine rings is 1. The third-order valence-corrected chi connectivity index (χ3v) is 3.12. The van der Waals surface area contributed by atoms with E-state index in [1.165, 1.54) is 13.1 Å². The van der Waals surface area contributed by atoms with E-state index in [1.54, 1.807) is 10.9 Å². The summed E-state index contributed by atoms with van der Waals surface area (Å²) in [6.07, 6.45) is 3.21. The van der Waals surface area contributed by atoms with Gasteiger partial charge in [0.1, 0.15) is 0 Å². The molecule has 0 aliphatic carbocycles. The van der Waals surface area contributed by atoms with Gasteiger partial charge in [-0.1, -0.05) is 11.6 Å². The van der Waals surface area contributed by atoms with Crippen molar-refractivity contribution in [2.24, 2.45) is 0 Å². The molecule has 0 aliphatic rings. The van der Waals surface area contributed by atoms with Crippen molar-refractivity contribution in [3.8, 4) is 5.82 Å². The number of nitrogens with zero attached hydrogens (tertiary/aromatic N) is 3. The van der Waals surface area contributed by atoms with Crippen LogP contribution in [0.3, 0.4) is 0 Å². The Morgan fingerprint density at radius 3 is 2.71 bits per heavy atom. The summed E-state index contributed by atoms with van der Waals surface area (Å²) in [6, 6.07) is 1.83. The molecule has 0 atom stereocenters. The van der Waals surface area contributed by atoms with Gasteiger partial charge < -0.3 is 0 Å². The van der Waals surface area contributed by atoms with E-state index in [9.17, 15) is 4.79 Å². The second-order valence-corrected chi connectivity index (χ2v) is 4.26. The molecule has 0 N–H and O–H groups in total. The summed E-state index contributed by atoms with van der Waals surface area (Å²) in [5.74, 6) is 0.536. The van der Waals surface area contributed by atoms with Crippen LogP contribution in [0.25, 0.3) is 5.82 Å². The zero-order chi connectivity index (χ0) is 12.6. The smallest absolute Gasteiger partial charge is 0.172 e. The Morgan fingerprint density at radius 1 is 1.41 bits per heavy atom. The van der Waals surface area contributed by atoms with Gasteiger partial charge in [-0.05, 0) is 32.4 Å². The van der Waals surface area contributed by atoms with Crippen molar-refractivity contribution in [3.63, 3.8) is 0 Å². The second kappa shape index (κ2) is 4.30. The van der Waals surface area contributed by atoms with Gasteiger partial charge in [-0.15, -0.1) is 0 Å². The lowest BCUT2D eigenvalue weighted by molar-refractivity contribution is 0.101. The summed E-state index contributed by atoms with van der Waals surface area (Å²) in [6.45, 7) is 5.24. The zero-order valence-electron chi connectivity index (χ0n) is 9.86. The van der Waals surface area contributed by atoms with Gasteiger partial charge in [0, 0.05) is 6.20 Å². The van der Waals surface area contributed by atoms with Gasteiger partial charge in [0.2, 0.25) is 0 Å². The van der Waals surface area contributed by atoms with E-state index in [0.717, 1.165) is 11.3 Å². The molecule has 2 aromatic rings. The number of hydrogen-bond donors (Lipinski definition) is 0. The molecule has 0 bridgehead atoms. The summed E-state index contributed by atoms with van der Waals surface area (Å²) in [5.41, 5.74) is 2.26. The van der Waals surface area contributed by atoms with Gasteiger partial charge in [0.25, 0.3) is 0 Å². The van der Waals surface area contributed by atoms with E-state index in [0.29, 0.717) is 16.4 Å². The van der Waals surface area contributed by atoms with Gasteiger partial charge in [-0.25, -0.2) is 9.67 Å². The molecule has 5 heteroatoms. The van der Waals surface area contributed by atoms with Crippen LogP contribution in [0.2, 0.25) is 5.02 Å². The molecule has 0 unspecified atom stereocenters. The number of ketones is 1. The number of hydrogen-bond acceptors (Lipinski definition) is 3. The van der Waals surface area contributed by atoms with Gasteiger partial charge >= 0.3 is 0 Å².